The van der Waals surface area contributed by atoms with E-state index in [9.17, 15) is 13.2 Å². The number of hydrogen-bond donors (Lipinski definition) is 1. The molecule has 0 bridgehead atoms. The molecule has 3 aromatic rings. The van der Waals surface area contributed by atoms with Gasteiger partial charge in [-0.05, 0) is 37.3 Å². The van der Waals surface area contributed by atoms with E-state index >= 15 is 0 Å². The van der Waals surface area contributed by atoms with Gasteiger partial charge in [-0.1, -0.05) is 30.2 Å². The highest BCUT2D eigenvalue weighted by molar-refractivity contribution is 7.89. The van der Waals surface area contributed by atoms with Crippen molar-refractivity contribution in [3.8, 4) is 23.8 Å². The molecule has 1 N–H and O–H groups in total. The highest BCUT2D eigenvalue weighted by atomic mass is 32.2. The third-order valence-electron chi connectivity index (χ3n) is 3.84. The second-order valence-corrected chi connectivity index (χ2v) is 7.68. The van der Waals surface area contributed by atoms with Crippen LogP contribution in [0.2, 0.25) is 0 Å². The molecule has 3 rings (SSSR count). The minimum Gasteiger partial charge on any atom is -0.449 e. The summed E-state index contributed by atoms with van der Waals surface area (Å²) in [6.45, 7) is 1.42. The van der Waals surface area contributed by atoms with Gasteiger partial charge in [-0.3, -0.25) is 0 Å². The smallest absolute Gasteiger partial charge is 0.338 e. The summed E-state index contributed by atoms with van der Waals surface area (Å²) >= 11 is 0. The van der Waals surface area contributed by atoms with Crippen molar-refractivity contribution in [1.82, 2.24) is 14.9 Å². The second-order valence-electron chi connectivity index (χ2n) is 5.92. The number of rotatable bonds is 7. The van der Waals surface area contributed by atoms with Crippen molar-refractivity contribution in [1.29, 1.82) is 0 Å². The molecule has 29 heavy (non-hydrogen) atoms. The molecule has 8 nitrogen and oxygen atoms in total. The number of terminal acetylenes is 1. The van der Waals surface area contributed by atoms with Gasteiger partial charge in [0, 0.05) is 5.56 Å². The van der Waals surface area contributed by atoms with Crippen molar-refractivity contribution >= 4 is 16.0 Å². The molecule has 0 aliphatic carbocycles. The van der Waals surface area contributed by atoms with Crippen LogP contribution in [0.4, 0.5) is 0 Å². The van der Waals surface area contributed by atoms with Crippen LogP contribution < -0.4 is 4.72 Å². The average molecular weight is 411 g/mol. The standard InChI is InChI=1S/C20H17N3O5S/c1-3-12-21-29(25,26)17-11-7-10-16(13-17)20(24)27-14(2)18-22-23-19(28-18)15-8-5-4-6-9-15/h1,4-11,13-14,21H,12H2,2H3. The Kier molecular flexibility index (Phi) is 6.07. The number of sulfonamides is 1. The highest BCUT2D eigenvalue weighted by Crippen LogP contribution is 2.23. The van der Waals surface area contributed by atoms with E-state index in [1.165, 1.54) is 24.3 Å². The van der Waals surface area contributed by atoms with E-state index in [0.717, 1.165) is 5.56 Å². The predicted molar refractivity (Wildman–Crippen MR) is 104 cm³/mol. The van der Waals surface area contributed by atoms with Crippen LogP contribution in [0, 0.1) is 12.3 Å². The van der Waals surface area contributed by atoms with Gasteiger partial charge in [0.2, 0.25) is 15.9 Å². The molecule has 0 spiro atoms. The molecule has 148 valence electrons. The number of aromatic nitrogens is 2. The predicted octanol–water partition coefficient (Wildman–Crippen LogP) is 2.57. The molecule has 0 aliphatic heterocycles. The van der Waals surface area contributed by atoms with E-state index in [4.69, 9.17) is 15.6 Å². The summed E-state index contributed by atoms with van der Waals surface area (Å²) in [5.74, 6) is 1.88. The van der Waals surface area contributed by atoms with Crippen molar-refractivity contribution in [2.24, 2.45) is 0 Å². The third kappa shape index (κ3) is 4.87. The zero-order chi connectivity index (χ0) is 20.9. The van der Waals surface area contributed by atoms with Crippen molar-refractivity contribution in [2.45, 2.75) is 17.9 Å². The van der Waals surface area contributed by atoms with Crippen molar-refractivity contribution in [3.05, 3.63) is 66.1 Å². The fraction of sp³-hybridized carbons (Fsp3) is 0.150. The first-order chi connectivity index (χ1) is 13.9. The Labute approximate surface area is 168 Å². The highest BCUT2D eigenvalue weighted by Gasteiger charge is 2.21. The molecule has 0 amide bonds. The molecule has 9 heteroatoms. The summed E-state index contributed by atoms with van der Waals surface area (Å²) in [6.07, 6.45) is 4.24. The number of ether oxygens (including phenoxy) is 1. The van der Waals surface area contributed by atoms with Crippen LogP contribution >= 0.6 is 0 Å². The summed E-state index contributed by atoms with van der Waals surface area (Å²) in [6, 6.07) is 14.6. The molecule has 1 aromatic heterocycles. The van der Waals surface area contributed by atoms with Crippen LogP contribution in [-0.4, -0.2) is 31.1 Å². The van der Waals surface area contributed by atoms with E-state index in [0.29, 0.717) is 5.89 Å². The van der Waals surface area contributed by atoms with E-state index < -0.39 is 22.1 Å². The Morgan fingerprint density at radius 3 is 2.69 bits per heavy atom. The third-order valence-corrected chi connectivity index (χ3v) is 5.24. The topological polar surface area (TPSA) is 111 Å². The Morgan fingerprint density at radius 1 is 1.21 bits per heavy atom. The SMILES string of the molecule is C#CCNS(=O)(=O)c1cccc(C(=O)OC(C)c2nnc(-c3ccccc3)o2)c1. The molecule has 1 heterocycles. The Hall–Kier alpha value is -3.48. The number of hydrogen-bond acceptors (Lipinski definition) is 7. The summed E-state index contributed by atoms with van der Waals surface area (Å²) in [7, 11) is -3.83. The molecule has 0 fully saturated rings. The molecule has 0 aliphatic rings. The summed E-state index contributed by atoms with van der Waals surface area (Å²) < 4.78 is 37.4. The first-order valence-corrected chi connectivity index (χ1v) is 10.0. The maximum Gasteiger partial charge on any atom is 0.338 e. The van der Waals surface area contributed by atoms with Gasteiger partial charge >= 0.3 is 5.97 Å². The van der Waals surface area contributed by atoms with Crippen LogP contribution in [0.5, 0.6) is 0 Å². The monoisotopic (exact) mass is 411 g/mol. The molecular formula is C20H17N3O5S. The zero-order valence-electron chi connectivity index (χ0n) is 15.4. The molecule has 0 radical (unpaired) electrons. The second kappa shape index (κ2) is 8.68. The molecule has 0 saturated heterocycles. The number of esters is 1. The number of carbonyl (C=O) groups is 1. The first-order valence-electron chi connectivity index (χ1n) is 8.53. The number of carbonyl (C=O) groups excluding carboxylic acids is 1. The lowest BCUT2D eigenvalue weighted by Gasteiger charge is -2.10. The Bertz CT molecular complexity index is 1150. The molecular weight excluding hydrogens is 394 g/mol. The van der Waals surface area contributed by atoms with E-state index in [-0.39, 0.29) is 22.9 Å². The van der Waals surface area contributed by atoms with E-state index in [2.05, 4.69) is 20.8 Å². The summed E-state index contributed by atoms with van der Waals surface area (Å²) in [5, 5.41) is 7.86. The van der Waals surface area contributed by atoms with Gasteiger partial charge in [0.15, 0.2) is 6.10 Å². The fourth-order valence-electron chi connectivity index (χ4n) is 2.39. The quantitative estimate of drug-likeness (QED) is 0.470. The lowest BCUT2D eigenvalue weighted by atomic mass is 10.2. The van der Waals surface area contributed by atoms with Crippen molar-refractivity contribution in [3.63, 3.8) is 0 Å². The van der Waals surface area contributed by atoms with Crippen LogP contribution in [-0.2, 0) is 14.8 Å². The van der Waals surface area contributed by atoms with Crippen LogP contribution in [0.25, 0.3) is 11.5 Å². The van der Waals surface area contributed by atoms with Gasteiger partial charge < -0.3 is 9.15 Å². The zero-order valence-corrected chi connectivity index (χ0v) is 16.2. The Balaban J connectivity index is 1.73. The van der Waals surface area contributed by atoms with E-state index in [1.54, 1.807) is 6.92 Å². The minimum absolute atomic E-state index is 0.0585. The van der Waals surface area contributed by atoms with Gasteiger partial charge in [0.1, 0.15) is 0 Å². The van der Waals surface area contributed by atoms with Crippen LogP contribution in [0.15, 0.2) is 63.9 Å². The maximum absolute atomic E-state index is 12.4. The van der Waals surface area contributed by atoms with Gasteiger partial charge in [-0.2, -0.15) is 4.72 Å². The minimum atomic E-state index is -3.83. The van der Waals surface area contributed by atoms with Gasteiger partial charge in [0.05, 0.1) is 17.0 Å². The van der Waals surface area contributed by atoms with Gasteiger partial charge in [0.25, 0.3) is 5.89 Å². The fourth-order valence-corrected chi connectivity index (χ4v) is 3.37. The average Bonchev–Trinajstić information content (AvgIpc) is 3.23. The lowest BCUT2D eigenvalue weighted by molar-refractivity contribution is 0.0279. The van der Waals surface area contributed by atoms with Crippen LogP contribution in [0.1, 0.15) is 29.3 Å². The van der Waals surface area contributed by atoms with Gasteiger partial charge in [-0.25, -0.2) is 13.2 Å². The number of nitrogens with zero attached hydrogens (tertiary/aromatic N) is 2. The van der Waals surface area contributed by atoms with Gasteiger partial charge in [-0.15, -0.1) is 16.6 Å². The van der Waals surface area contributed by atoms with E-state index in [1.807, 2.05) is 30.3 Å². The Morgan fingerprint density at radius 2 is 1.97 bits per heavy atom. The largest absolute Gasteiger partial charge is 0.449 e. The number of benzene rings is 2. The normalized spacial score (nSPS) is 12.1. The lowest BCUT2D eigenvalue weighted by Crippen LogP contribution is -2.24. The van der Waals surface area contributed by atoms with Crippen molar-refractivity contribution < 1.29 is 22.4 Å². The maximum atomic E-state index is 12.4. The molecule has 1 atom stereocenters. The molecule has 0 saturated carbocycles. The van der Waals surface area contributed by atoms with Crippen molar-refractivity contribution in [2.75, 3.05) is 6.54 Å². The summed E-state index contributed by atoms with van der Waals surface area (Å²) in [5.41, 5.74) is 0.797. The summed E-state index contributed by atoms with van der Waals surface area (Å²) in [4.78, 5) is 12.3. The van der Waals surface area contributed by atoms with Crippen LogP contribution in [0.3, 0.4) is 0 Å². The molecule has 1 unspecified atom stereocenters. The molecule has 2 aromatic carbocycles. The number of nitrogens with one attached hydrogen (secondary N) is 1. The first kappa shape index (κ1) is 20.3.